The highest BCUT2D eigenvalue weighted by atomic mass is 35.5. The van der Waals surface area contributed by atoms with Gasteiger partial charge in [0.25, 0.3) is 0 Å². The number of hydrogen-bond acceptors (Lipinski definition) is 5. The van der Waals surface area contributed by atoms with Gasteiger partial charge in [-0.1, -0.05) is 0 Å². The fourth-order valence-corrected chi connectivity index (χ4v) is 1.16. The molecule has 0 saturated heterocycles. The zero-order valence-corrected chi connectivity index (χ0v) is 11.4. The number of likely N-dealkylation sites (N-methyl/N-ethyl adjacent to an activating group) is 1. The highest BCUT2D eigenvalue weighted by Crippen LogP contribution is 2.12. The summed E-state index contributed by atoms with van der Waals surface area (Å²) in [5, 5.41) is 3.01. The molecule has 0 atom stereocenters. The molecule has 0 aliphatic carbocycles. The number of rotatable bonds is 4. The maximum absolute atomic E-state index is 5.49. The van der Waals surface area contributed by atoms with Crippen LogP contribution in [0.4, 0.5) is 11.8 Å². The van der Waals surface area contributed by atoms with Crippen LogP contribution in [0.2, 0.25) is 0 Å². The Morgan fingerprint density at radius 2 is 2.00 bits per heavy atom. The van der Waals surface area contributed by atoms with Crippen molar-refractivity contribution >= 4 is 36.6 Å². The first-order valence-corrected chi connectivity index (χ1v) is 4.57. The predicted molar refractivity (Wildman–Crippen MR) is 72.7 cm³/mol. The molecule has 0 fully saturated rings. The van der Waals surface area contributed by atoms with E-state index in [2.05, 4.69) is 20.2 Å². The van der Waals surface area contributed by atoms with Crippen molar-refractivity contribution in [1.82, 2.24) is 14.9 Å². The third-order valence-electron chi connectivity index (χ3n) is 1.95. The number of halogens is 2. The largest absolute Gasteiger partial charge is 0.373 e. The maximum Gasteiger partial charge on any atom is 0.221 e. The number of nitrogens with one attached hydrogen (secondary N) is 1. The molecule has 5 nitrogen and oxygen atoms in total. The molecule has 94 valence electrons. The van der Waals surface area contributed by atoms with Gasteiger partial charge in [0.15, 0.2) is 0 Å². The standard InChI is InChI=1S/C9H17N5.2ClH/c1-11-8-7(4-5-14(2)3)6-12-9(10)13-8;;/h6H,4-5H2,1-3H3,(H3,10,11,12,13);2*1H. The molecular formula is C9H19Cl2N5. The molecule has 0 amide bonds. The molecule has 0 bridgehead atoms. The molecule has 0 unspecified atom stereocenters. The van der Waals surface area contributed by atoms with E-state index in [1.807, 2.05) is 21.1 Å². The Kier molecular flexibility index (Phi) is 9.22. The highest BCUT2D eigenvalue weighted by Gasteiger charge is 2.04. The lowest BCUT2D eigenvalue weighted by Gasteiger charge is -2.11. The van der Waals surface area contributed by atoms with E-state index >= 15 is 0 Å². The van der Waals surface area contributed by atoms with Crippen molar-refractivity contribution in [3.05, 3.63) is 11.8 Å². The summed E-state index contributed by atoms with van der Waals surface area (Å²) in [6.07, 6.45) is 2.70. The topological polar surface area (TPSA) is 67.1 Å². The Balaban J connectivity index is 0. The molecular weight excluding hydrogens is 249 g/mol. The molecule has 0 aromatic carbocycles. The summed E-state index contributed by atoms with van der Waals surface area (Å²) < 4.78 is 0. The fourth-order valence-electron chi connectivity index (χ4n) is 1.16. The molecule has 3 N–H and O–H groups in total. The van der Waals surface area contributed by atoms with Crippen molar-refractivity contribution in [3.63, 3.8) is 0 Å². The molecule has 1 rings (SSSR count). The van der Waals surface area contributed by atoms with Crippen molar-refractivity contribution in [2.75, 3.05) is 38.7 Å². The van der Waals surface area contributed by atoms with Gasteiger partial charge >= 0.3 is 0 Å². The van der Waals surface area contributed by atoms with Crippen LogP contribution in [0.25, 0.3) is 0 Å². The van der Waals surface area contributed by atoms with Crippen LogP contribution in [0.5, 0.6) is 0 Å². The van der Waals surface area contributed by atoms with Gasteiger partial charge in [-0.25, -0.2) is 4.98 Å². The van der Waals surface area contributed by atoms with Crippen LogP contribution in [0.15, 0.2) is 6.20 Å². The van der Waals surface area contributed by atoms with Crippen LogP contribution >= 0.6 is 24.8 Å². The number of nitrogens with zero attached hydrogens (tertiary/aromatic N) is 3. The number of nitrogens with two attached hydrogens (primary N) is 1. The Morgan fingerprint density at radius 3 is 2.50 bits per heavy atom. The predicted octanol–water partition coefficient (Wildman–Crippen LogP) is 1.05. The fraction of sp³-hybridized carbons (Fsp3) is 0.556. The maximum atomic E-state index is 5.49. The van der Waals surface area contributed by atoms with Crippen molar-refractivity contribution in [2.45, 2.75) is 6.42 Å². The van der Waals surface area contributed by atoms with E-state index in [0.717, 1.165) is 24.3 Å². The average molecular weight is 268 g/mol. The van der Waals surface area contributed by atoms with Crippen molar-refractivity contribution in [1.29, 1.82) is 0 Å². The highest BCUT2D eigenvalue weighted by molar-refractivity contribution is 5.85. The summed E-state index contributed by atoms with van der Waals surface area (Å²) in [6.45, 7) is 0.974. The minimum atomic E-state index is 0. The van der Waals surface area contributed by atoms with E-state index in [0.29, 0.717) is 5.95 Å². The van der Waals surface area contributed by atoms with Crippen LogP contribution in [0.1, 0.15) is 5.56 Å². The first kappa shape index (κ1) is 17.6. The second-order valence-electron chi connectivity index (χ2n) is 3.41. The van der Waals surface area contributed by atoms with E-state index in [4.69, 9.17) is 5.73 Å². The van der Waals surface area contributed by atoms with Gasteiger partial charge in [-0.2, -0.15) is 4.98 Å². The van der Waals surface area contributed by atoms with E-state index in [-0.39, 0.29) is 24.8 Å². The summed E-state index contributed by atoms with van der Waals surface area (Å²) >= 11 is 0. The molecule has 1 aromatic heterocycles. The van der Waals surface area contributed by atoms with Crippen LogP contribution < -0.4 is 11.1 Å². The van der Waals surface area contributed by atoms with Gasteiger partial charge in [-0.15, -0.1) is 24.8 Å². The number of anilines is 2. The molecule has 7 heteroatoms. The Bertz CT molecular complexity index is 306. The summed E-state index contributed by atoms with van der Waals surface area (Å²) in [4.78, 5) is 10.2. The Labute approximate surface area is 109 Å². The van der Waals surface area contributed by atoms with E-state index in [1.54, 1.807) is 6.20 Å². The third-order valence-corrected chi connectivity index (χ3v) is 1.95. The van der Waals surface area contributed by atoms with Gasteiger partial charge in [0, 0.05) is 25.4 Å². The van der Waals surface area contributed by atoms with Gasteiger partial charge in [0.2, 0.25) is 5.95 Å². The average Bonchev–Trinajstić information content (AvgIpc) is 2.15. The van der Waals surface area contributed by atoms with E-state index < -0.39 is 0 Å². The lowest BCUT2D eigenvalue weighted by Crippen LogP contribution is -2.16. The number of aromatic nitrogens is 2. The number of hydrogen-bond donors (Lipinski definition) is 2. The van der Waals surface area contributed by atoms with Crippen molar-refractivity contribution in [2.24, 2.45) is 0 Å². The SMILES string of the molecule is CNc1nc(N)ncc1CCN(C)C.Cl.Cl. The molecule has 0 saturated carbocycles. The molecule has 0 aliphatic rings. The summed E-state index contributed by atoms with van der Waals surface area (Å²) in [6, 6.07) is 0. The first-order chi connectivity index (χ1) is 6.63. The molecule has 0 spiro atoms. The second-order valence-corrected chi connectivity index (χ2v) is 3.41. The summed E-state index contributed by atoms with van der Waals surface area (Å²) in [7, 11) is 5.91. The van der Waals surface area contributed by atoms with Gasteiger partial charge in [0.1, 0.15) is 5.82 Å². The molecule has 0 aliphatic heterocycles. The minimum Gasteiger partial charge on any atom is -0.373 e. The lowest BCUT2D eigenvalue weighted by atomic mass is 10.2. The quantitative estimate of drug-likeness (QED) is 0.854. The number of nitrogen functional groups attached to an aromatic ring is 1. The second kappa shape index (κ2) is 8.38. The molecule has 1 heterocycles. The van der Waals surface area contributed by atoms with E-state index in [1.165, 1.54) is 0 Å². The third kappa shape index (κ3) is 5.34. The zero-order valence-electron chi connectivity index (χ0n) is 9.73. The molecule has 0 radical (unpaired) electrons. The van der Waals surface area contributed by atoms with Crippen LogP contribution in [-0.2, 0) is 6.42 Å². The molecule has 1 aromatic rings. The first-order valence-electron chi connectivity index (χ1n) is 4.57. The van der Waals surface area contributed by atoms with Gasteiger partial charge in [-0.3, -0.25) is 0 Å². The van der Waals surface area contributed by atoms with Crippen LogP contribution in [0, 0.1) is 0 Å². The van der Waals surface area contributed by atoms with E-state index in [9.17, 15) is 0 Å². The zero-order chi connectivity index (χ0) is 10.6. The smallest absolute Gasteiger partial charge is 0.221 e. The minimum absolute atomic E-state index is 0. The van der Waals surface area contributed by atoms with Gasteiger partial charge in [0.05, 0.1) is 0 Å². The lowest BCUT2D eigenvalue weighted by molar-refractivity contribution is 0.413. The van der Waals surface area contributed by atoms with Crippen LogP contribution in [0.3, 0.4) is 0 Å². The van der Waals surface area contributed by atoms with Crippen molar-refractivity contribution < 1.29 is 0 Å². The van der Waals surface area contributed by atoms with Crippen LogP contribution in [-0.4, -0.2) is 42.6 Å². The Morgan fingerprint density at radius 1 is 1.38 bits per heavy atom. The Hall–Kier alpha value is -0.780. The summed E-state index contributed by atoms with van der Waals surface area (Å²) in [5.41, 5.74) is 6.58. The van der Waals surface area contributed by atoms with Gasteiger partial charge in [-0.05, 0) is 20.5 Å². The monoisotopic (exact) mass is 267 g/mol. The van der Waals surface area contributed by atoms with Crippen molar-refractivity contribution in [3.8, 4) is 0 Å². The molecule has 16 heavy (non-hydrogen) atoms. The summed E-state index contributed by atoms with van der Waals surface area (Å²) in [5.74, 6) is 1.13. The normalized spacial score (nSPS) is 9.25. The van der Waals surface area contributed by atoms with Gasteiger partial charge < -0.3 is 16.0 Å².